The molecule has 56 valence electrons. The van der Waals surface area contributed by atoms with Crippen LogP contribution in [0.5, 0.6) is 0 Å². The highest BCUT2D eigenvalue weighted by atomic mass is 35.5. The van der Waals surface area contributed by atoms with Crippen LogP contribution in [0.1, 0.15) is 5.56 Å². The van der Waals surface area contributed by atoms with Crippen molar-refractivity contribution in [2.75, 3.05) is 7.05 Å². The third-order valence-corrected chi connectivity index (χ3v) is 2.66. The fourth-order valence-corrected chi connectivity index (χ4v) is 2.17. The average Bonchev–Trinajstić information content (AvgIpc) is 2.13. The van der Waals surface area contributed by atoms with Crippen molar-refractivity contribution in [2.24, 2.45) is 0 Å². The summed E-state index contributed by atoms with van der Waals surface area (Å²) in [5.41, 5.74) is 1.07. The third-order valence-electron chi connectivity index (χ3n) is 1.09. The predicted octanol–water partition coefficient (Wildman–Crippen LogP) is 2.77. The lowest BCUT2D eigenvalue weighted by Crippen LogP contribution is -2.03. The monoisotopic (exact) mass is 195 g/mol. The first-order valence-corrected chi connectivity index (χ1v) is 4.39. The van der Waals surface area contributed by atoms with Gasteiger partial charge in [-0.25, -0.2) is 0 Å². The van der Waals surface area contributed by atoms with Gasteiger partial charge in [-0.3, -0.25) is 0 Å². The van der Waals surface area contributed by atoms with E-state index in [9.17, 15) is 0 Å². The van der Waals surface area contributed by atoms with Crippen molar-refractivity contribution in [1.29, 1.82) is 0 Å². The number of hydrogen-bond donors (Lipinski definition) is 1. The lowest BCUT2D eigenvalue weighted by molar-refractivity contribution is 0.821. The Balaban J connectivity index is 2.81. The van der Waals surface area contributed by atoms with Gasteiger partial charge in [0.05, 0.1) is 8.67 Å². The summed E-state index contributed by atoms with van der Waals surface area (Å²) >= 11 is 12.9. The van der Waals surface area contributed by atoms with Crippen molar-refractivity contribution in [1.82, 2.24) is 5.32 Å². The molecule has 0 aliphatic heterocycles. The van der Waals surface area contributed by atoms with Crippen molar-refractivity contribution < 1.29 is 0 Å². The van der Waals surface area contributed by atoms with Crippen molar-refractivity contribution in [2.45, 2.75) is 6.54 Å². The van der Waals surface area contributed by atoms with Gasteiger partial charge < -0.3 is 5.32 Å². The van der Waals surface area contributed by atoms with E-state index >= 15 is 0 Å². The minimum Gasteiger partial charge on any atom is -0.316 e. The second-order valence-electron chi connectivity index (χ2n) is 1.88. The Hall–Kier alpha value is 0.240. The summed E-state index contributed by atoms with van der Waals surface area (Å²) in [6, 6.07) is 1.88. The number of thiophene rings is 1. The fourth-order valence-electron chi connectivity index (χ4n) is 0.685. The molecular formula is C6H7Cl2NS. The summed E-state index contributed by atoms with van der Waals surface area (Å²) in [5.74, 6) is 0. The molecule has 1 N–H and O–H groups in total. The van der Waals surface area contributed by atoms with Gasteiger partial charge in [-0.15, -0.1) is 11.3 Å². The highest BCUT2D eigenvalue weighted by Gasteiger charge is 2.03. The summed E-state index contributed by atoms with van der Waals surface area (Å²) in [7, 11) is 1.88. The van der Waals surface area contributed by atoms with E-state index < -0.39 is 0 Å². The van der Waals surface area contributed by atoms with E-state index in [1.165, 1.54) is 11.3 Å². The van der Waals surface area contributed by atoms with Gasteiger partial charge in [0, 0.05) is 6.54 Å². The highest BCUT2D eigenvalue weighted by molar-refractivity contribution is 7.20. The van der Waals surface area contributed by atoms with Gasteiger partial charge in [0.2, 0.25) is 0 Å². The fraction of sp³-hybridized carbons (Fsp3) is 0.333. The maximum absolute atomic E-state index is 5.82. The zero-order chi connectivity index (χ0) is 7.56. The lowest BCUT2D eigenvalue weighted by Gasteiger charge is -1.93. The molecule has 0 aliphatic carbocycles. The van der Waals surface area contributed by atoms with E-state index in [-0.39, 0.29) is 0 Å². The van der Waals surface area contributed by atoms with Crippen LogP contribution in [0.15, 0.2) is 6.07 Å². The number of rotatable bonds is 2. The maximum atomic E-state index is 5.82. The maximum Gasteiger partial charge on any atom is 0.0989 e. The first-order chi connectivity index (χ1) is 4.74. The number of hydrogen-bond acceptors (Lipinski definition) is 2. The van der Waals surface area contributed by atoms with Crippen molar-refractivity contribution >= 4 is 34.5 Å². The molecule has 0 spiro atoms. The van der Waals surface area contributed by atoms with Crippen LogP contribution in [-0.4, -0.2) is 7.05 Å². The molecule has 10 heavy (non-hydrogen) atoms. The highest BCUT2D eigenvalue weighted by Crippen LogP contribution is 2.30. The summed E-state index contributed by atoms with van der Waals surface area (Å²) in [6.07, 6.45) is 0. The molecule has 0 saturated heterocycles. The molecule has 1 nitrogen and oxygen atoms in total. The van der Waals surface area contributed by atoms with Crippen LogP contribution >= 0.6 is 34.5 Å². The molecule has 1 aromatic rings. The first kappa shape index (κ1) is 8.34. The molecule has 0 aliphatic rings. The van der Waals surface area contributed by atoms with Gasteiger partial charge >= 0.3 is 0 Å². The van der Waals surface area contributed by atoms with Crippen LogP contribution in [-0.2, 0) is 6.54 Å². The van der Waals surface area contributed by atoms with Crippen LogP contribution in [0.3, 0.4) is 0 Å². The molecule has 0 atom stereocenters. The lowest BCUT2D eigenvalue weighted by atomic mass is 10.3. The van der Waals surface area contributed by atoms with E-state index in [1.807, 2.05) is 13.1 Å². The summed E-state index contributed by atoms with van der Waals surface area (Å²) in [6.45, 7) is 0.780. The van der Waals surface area contributed by atoms with E-state index in [0.717, 1.165) is 20.8 Å². The summed E-state index contributed by atoms with van der Waals surface area (Å²) < 4.78 is 1.52. The molecule has 1 rings (SSSR count). The topological polar surface area (TPSA) is 12.0 Å². The van der Waals surface area contributed by atoms with Gasteiger partial charge in [0.1, 0.15) is 0 Å². The molecule has 0 saturated carbocycles. The SMILES string of the molecule is CNCc1cc(Cl)sc1Cl. The Bertz CT molecular complexity index is 222. The molecule has 0 radical (unpaired) electrons. The Morgan fingerprint density at radius 2 is 2.30 bits per heavy atom. The molecule has 4 heteroatoms. The van der Waals surface area contributed by atoms with Crippen LogP contribution in [0.25, 0.3) is 0 Å². The quantitative estimate of drug-likeness (QED) is 0.766. The van der Waals surface area contributed by atoms with Gasteiger partial charge in [0.15, 0.2) is 0 Å². The van der Waals surface area contributed by atoms with Crippen LogP contribution < -0.4 is 5.32 Å². The minimum absolute atomic E-state index is 0.746. The Labute approximate surface area is 74.0 Å². The van der Waals surface area contributed by atoms with Crippen LogP contribution in [0.2, 0.25) is 8.67 Å². The normalized spacial score (nSPS) is 10.3. The average molecular weight is 196 g/mol. The van der Waals surface area contributed by atoms with Gasteiger partial charge in [0.25, 0.3) is 0 Å². The molecule has 0 aromatic carbocycles. The standard InChI is InChI=1S/C6H7Cl2NS/c1-9-3-4-2-5(7)10-6(4)8/h2,9H,3H2,1H3. The van der Waals surface area contributed by atoms with E-state index in [0.29, 0.717) is 0 Å². The zero-order valence-corrected chi connectivity index (χ0v) is 7.78. The van der Waals surface area contributed by atoms with Gasteiger partial charge in [-0.1, -0.05) is 23.2 Å². The molecular weight excluding hydrogens is 189 g/mol. The van der Waals surface area contributed by atoms with Crippen molar-refractivity contribution in [3.05, 3.63) is 20.3 Å². The van der Waals surface area contributed by atoms with Crippen molar-refractivity contribution in [3.8, 4) is 0 Å². The summed E-state index contributed by atoms with van der Waals surface area (Å²) in [4.78, 5) is 0. The summed E-state index contributed by atoms with van der Waals surface area (Å²) in [5, 5.41) is 3.00. The second kappa shape index (κ2) is 3.58. The number of nitrogens with one attached hydrogen (secondary N) is 1. The predicted molar refractivity (Wildman–Crippen MR) is 47.1 cm³/mol. The minimum atomic E-state index is 0.746. The van der Waals surface area contributed by atoms with Crippen LogP contribution in [0, 0.1) is 0 Å². The third kappa shape index (κ3) is 1.86. The Kier molecular flexibility index (Phi) is 2.98. The zero-order valence-electron chi connectivity index (χ0n) is 5.45. The first-order valence-electron chi connectivity index (χ1n) is 2.82. The van der Waals surface area contributed by atoms with E-state index in [1.54, 1.807) is 0 Å². The smallest absolute Gasteiger partial charge is 0.0989 e. The van der Waals surface area contributed by atoms with Crippen molar-refractivity contribution in [3.63, 3.8) is 0 Å². The van der Waals surface area contributed by atoms with E-state index in [4.69, 9.17) is 23.2 Å². The molecule has 0 fully saturated rings. The second-order valence-corrected chi connectivity index (χ2v) is 4.17. The van der Waals surface area contributed by atoms with Crippen LogP contribution in [0.4, 0.5) is 0 Å². The Morgan fingerprint density at radius 1 is 1.60 bits per heavy atom. The molecule has 1 heterocycles. The molecule has 0 bridgehead atoms. The molecule has 0 amide bonds. The molecule has 0 unspecified atom stereocenters. The van der Waals surface area contributed by atoms with Gasteiger partial charge in [-0.05, 0) is 18.7 Å². The number of halogens is 2. The molecule has 1 aromatic heterocycles. The van der Waals surface area contributed by atoms with Gasteiger partial charge in [-0.2, -0.15) is 0 Å². The van der Waals surface area contributed by atoms with E-state index in [2.05, 4.69) is 5.32 Å². The Morgan fingerprint density at radius 3 is 2.70 bits per heavy atom. The largest absolute Gasteiger partial charge is 0.316 e.